The first-order valence-electron chi connectivity index (χ1n) is 7.64. The fraction of sp³-hybridized carbons (Fsp3) is 0.375. The topological polar surface area (TPSA) is 89.1 Å². The van der Waals surface area contributed by atoms with Gasteiger partial charge in [0, 0.05) is 24.5 Å². The lowest BCUT2D eigenvalue weighted by Crippen LogP contribution is -2.29. The zero-order valence-corrected chi connectivity index (χ0v) is 12.7. The summed E-state index contributed by atoms with van der Waals surface area (Å²) in [5.74, 6) is 0.933. The smallest absolute Gasteiger partial charge is 0.222 e. The maximum absolute atomic E-state index is 5.82. The lowest BCUT2D eigenvalue weighted by molar-refractivity contribution is 0.694. The number of allylic oxidation sites excluding steroid dienone is 1. The Morgan fingerprint density at radius 1 is 1.36 bits per heavy atom. The van der Waals surface area contributed by atoms with Gasteiger partial charge in [0.25, 0.3) is 0 Å². The molecule has 6 nitrogen and oxygen atoms in total. The summed E-state index contributed by atoms with van der Waals surface area (Å²) in [5.41, 5.74) is 8.44. The Labute approximate surface area is 129 Å². The van der Waals surface area contributed by atoms with Crippen molar-refractivity contribution in [2.45, 2.75) is 38.6 Å². The number of nitrogens with two attached hydrogens (primary N) is 1. The van der Waals surface area contributed by atoms with Gasteiger partial charge in [0.1, 0.15) is 5.52 Å². The van der Waals surface area contributed by atoms with Crippen LogP contribution >= 0.6 is 0 Å². The average molecular weight is 296 g/mol. The number of hydrogen-bond acceptors (Lipinski definition) is 6. The van der Waals surface area contributed by atoms with Gasteiger partial charge in [0.2, 0.25) is 5.95 Å². The number of aromatic nitrogens is 3. The molecule has 0 saturated heterocycles. The van der Waals surface area contributed by atoms with E-state index >= 15 is 0 Å². The molecule has 3 heterocycles. The van der Waals surface area contributed by atoms with E-state index in [2.05, 4.69) is 38.3 Å². The van der Waals surface area contributed by atoms with Crippen molar-refractivity contribution < 1.29 is 0 Å². The molecule has 0 unspecified atom stereocenters. The molecule has 0 aromatic carbocycles. The monoisotopic (exact) mass is 296 g/mol. The minimum absolute atomic E-state index is 0.148. The Balaban J connectivity index is 1.91. The molecular weight excluding hydrogens is 276 g/mol. The third-order valence-electron chi connectivity index (χ3n) is 3.70. The molecule has 0 bridgehead atoms. The molecule has 0 radical (unpaired) electrons. The van der Waals surface area contributed by atoms with Crippen molar-refractivity contribution in [2.24, 2.45) is 4.99 Å². The average Bonchev–Trinajstić information content (AvgIpc) is 3.05. The molecule has 1 aliphatic rings. The standard InChI is InChI=1S/C16H20N6/c1-2-3-6-12(11-7-4-9-18-11)20-15-14-13(8-5-10-19-14)21-16(17)22-15/h4-5,8-10,12H,2-3,6-7H2,1H3,(H3,17,20,21,22)/t12-/m1/s1. The van der Waals surface area contributed by atoms with Crippen molar-refractivity contribution in [1.29, 1.82) is 0 Å². The van der Waals surface area contributed by atoms with E-state index in [1.807, 2.05) is 18.3 Å². The highest BCUT2D eigenvalue weighted by molar-refractivity contribution is 5.96. The van der Waals surface area contributed by atoms with Gasteiger partial charge < -0.3 is 11.1 Å². The Bertz CT molecular complexity index is 722. The van der Waals surface area contributed by atoms with Crippen LogP contribution in [-0.2, 0) is 0 Å². The van der Waals surface area contributed by atoms with E-state index in [0.717, 1.165) is 42.4 Å². The Hall–Kier alpha value is -2.50. The highest BCUT2D eigenvalue weighted by atomic mass is 15.1. The van der Waals surface area contributed by atoms with E-state index in [1.54, 1.807) is 6.20 Å². The number of rotatable bonds is 6. The minimum Gasteiger partial charge on any atom is -0.368 e. The first-order valence-corrected chi connectivity index (χ1v) is 7.64. The summed E-state index contributed by atoms with van der Waals surface area (Å²) in [6, 6.07) is 3.88. The number of aliphatic imine (C=N–C) groups is 1. The number of anilines is 2. The number of unbranched alkanes of at least 4 members (excludes halogenated alkanes) is 1. The number of pyridine rings is 1. The summed E-state index contributed by atoms with van der Waals surface area (Å²) in [5, 5.41) is 3.48. The van der Waals surface area contributed by atoms with E-state index in [-0.39, 0.29) is 12.0 Å². The van der Waals surface area contributed by atoms with Crippen molar-refractivity contribution >= 4 is 28.5 Å². The third-order valence-corrected chi connectivity index (χ3v) is 3.70. The lowest BCUT2D eigenvalue weighted by atomic mass is 10.0. The molecule has 0 spiro atoms. The van der Waals surface area contributed by atoms with E-state index < -0.39 is 0 Å². The first kappa shape index (κ1) is 14.4. The summed E-state index contributed by atoms with van der Waals surface area (Å²) in [4.78, 5) is 17.4. The normalized spacial score (nSPS) is 15.0. The van der Waals surface area contributed by atoms with Gasteiger partial charge in [-0.2, -0.15) is 4.98 Å². The lowest BCUT2D eigenvalue weighted by Gasteiger charge is -2.20. The molecule has 3 N–H and O–H groups in total. The number of nitrogen functional groups attached to an aromatic ring is 1. The van der Waals surface area contributed by atoms with Crippen molar-refractivity contribution in [3.63, 3.8) is 0 Å². The van der Waals surface area contributed by atoms with E-state index in [0.29, 0.717) is 5.82 Å². The molecule has 2 aromatic rings. The molecule has 0 amide bonds. The Morgan fingerprint density at radius 3 is 3.05 bits per heavy atom. The summed E-state index contributed by atoms with van der Waals surface area (Å²) >= 11 is 0. The van der Waals surface area contributed by atoms with E-state index in [9.17, 15) is 0 Å². The third kappa shape index (κ3) is 3.05. The van der Waals surface area contributed by atoms with Gasteiger partial charge in [-0.25, -0.2) is 4.98 Å². The van der Waals surface area contributed by atoms with Crippen molar-refractivity contribution in [2.75, 3.05) is 11.1 Å². The summed E-state index contributed by atoms with van der Waals surface area (Å²) in [7, 11) is 0. The van der Waals surface area contributed by atoms with Crippen LogP contribution < -0.4 is 11.1 Å². The fourth-order valence-corrected chi connectivity index (χ4v) is 2.59. The summed E-state index contributed by atoms with van der Waals surface area (Å²) < 4.78 is 0. The molecule has 6 heteroatoms. The number of nitrogens with one attached hydrogen (secondary N) is 1. The van der Waals surface area contributed by atoms with Crippen LogP contribution in [0.5, 0.6) is 0 Å². The van der Waals surface area contributed by atoms with Crippen LogP contribution in [0.3, 0.4) is 0 Å². The van der Waals surface area contributed by atoms with Crippen LogP contribution in [0.1, 0.15) is 32.6 Å². The van der Waals surface area contributed by atoms with Gasteiger partial charge in [-0.1, -0.05) is 25.8 Å². The molecule has 3 rings (SSSR count). The van der Waals surface area contributed by atoms with Gasteiger partial charge in [0.15, 0.2) is 5.82 Å². The van der Waals surface area contributed by atoms with Crippen LogP contribution in [0.4, 0.5) is 11.8 Å². The predicted molar refractivity (Wildman–Crippen MR) is 89.9 cm³/mol. The molecule has 0 fully saturated rings. The number of fused-ring (bicyclic) bond motifs is 1. The fourth-order valence-electron chi connectivity index (χ4n) is 2.59. The minimum atomic E-state index is 0.148. The van der Waals surface area contributed by atoms with E-state index in [1.165, 1.54) is 0 Å². The second kappa shape index (κ2) is 6.51. The van der Waals surface area contributed by atoms with Gasteiger partial charge in [0.05, 0.1) is 11.6 Å². The summed E-state index contributed by atoms with van der Waals surface area (Å²) in [6.07, 6.45) is 9.83. The number of hydrogen-bond donors (Lipinski definition) is 2. The van der Waals surface area contributed by atoms with Crippen LogP contribution in [0.25, 0.3) is 11.0 Å². The van der Waals surface area contributed by atoms with Crippen LogP contribution in [0, 0.1) is 0 Å². The highest BCUT2D eigenvalue weighted by Gasteiger charge is 2.19. The second-order valence-electron chi connectivity index (χ2n) is 5.35. The largest absolute Gasteiger partial charge is 0.368 e. The molecule has 1 atom stereocenters. The quantitative estimate of drug-likeness (QED) is 0.855. The van der Waals surface area contributed by atoms with Crippen LogP contribution in [-0.4, -0.2) is 26.7 Å². The molecule has 0 aliphatic carbocycles. The first-order chi connectivity index (χ1) is 10.8. The Kier molecular flexibility index (Phi) is 4.27. The molecule has 0 saturated carbocycles. The van der Waals surface area contributed by atoms with Gasteiger partial charge in [-0.3, -0.25) is 9.98 Å². The molecule has 2 aromatic heterocycles. The van der Waals surface area contributed by atoms with Gasteiger partial charge >= 0.3 is 0 Å². The molecule has 114 valence electrons. The SMILES string of the molecule is CCCC[C@@H](Nc1nc(N)nc2cccnc12)C1=NC=CC1. The zero-order chi connectivity index (χ0) is 15.4. The van der Waals surface area contributed by atoms with E-state index in [4.69, 9.17) is 5.73 Å². The zero-order valence-electron chi connectivity index (χ0n) is 12.7. The van der Waals surface area contributed by atoms with Crippen molar-refractivity contribution in [3.05, 3.63) is 30.6 Å². The maximum Gasteiger partial charge on any atom is 0.222 e. The highest BCUT2D eigenvalue weighted by Crippen LogP contribution is 2.22. The predicted octanol–water partition coefficient (Wildman–Crippen LogP) is 2.94. The Morgan fingerprint density at radius 2 is 2.27 bits per heavy atom. The molecular formula is C16H20N6. The molecule has 1 aliphatic heterocycles. The van der Waals surface area contributed by atoms with Gasteiger partial charge in [-0.15, -0.1) is 0 Å². The van der Waals surface area contributed by atoms with Crippen molar-refractivity contribution in [1.82, 2.24) is 15.0 Å². The van der Waals surface area contributed by atoms with Crippen molar-refractivity contribution in [3.8, 4) is 0 Å². The second-order valence-corrected chi connectivity index (χ2v) is 5.35. The van der Waals surface area contributed by atoms with Crippen LogP contribution in [0.2, 0.25) is 0 Å². The molecule has 22 heavy (non-hydrogen) atoms. The maximum atomic E-state index is 5.82. The number of nitrogens with zero attached hydrogens (tertiary/aromatic N) is 4. The van der Waals surface area contributed by atoms with Gasteiger partial charge in [-0.05, 0) is 18.6 Å². The van der Waals surface area contributed by atoms with Crippen LogP contribution in [0.15, 0.2) is 35.6 Å². The summed E-state index contributed by atoms with van der Waals surface area (Å²) in [6.45, 7) is 2.19.